The maximum Gasteiger partial charge on any atom is 0.257 e. The van der Waals surface area contributed by atoms with Crippen LogP contribution in [0, 0.1) is 6.92 Å². The van der Waals surface area contributed by atoms with Gasteiger partial charge in [-0.3, -0.25) is 9.59 Å². The predicted molar refractivity (Wildman–Crippen MR) is 96.0 cm³/mol. The van der Waals surface area contributed by atoms with E-state index in [-0.39, 0.29) is 17.9 Å². The molecular formula is C20H22N2O3. The van der Waals surface area contributed by atoms with Crippen molar-refractivity contribution in [2.45, 2.75) is 25.8 Å². The highest BCUT2D eigenvalue weighted by atomic mass is 16.3. The number of benzene rings is 1. The number of nitrogens with zero attached hydrogens (tertiary/aromatic N) is 1. The minimum absolute atomic E-state index is 0.0159. The van der Waals surface area contributed by atoms with Crippen LogP contribution in [-0.4, -0.2) is 35.8 Å². The van der Waals surface area contributed by atoms with E-state index in [1.54, 1.807) is 17.0 Å². The second-order valence-corrected chi connectivity index (χ2v) is 6.33. The van der Waals surface area contributed by atoms with Gasteiger partial charge in [0.25, 0.3) is 5.91 Å². The van der Waals surface area contributed by atoms with Crippen molar-refractivity contribution in [3.8, 4) is 0 Å². The van der Waals surface area contributed by atoms with E-state index in [0.29, 0.717) is 18.7 Å². The summed E-state index contributed by atoms with van der Waals surface area (Å²) in [6, 6.07) is 9.78. The van der Waals surface area contributed by atoms with Gasteiger partial charge in [-0.05, 0) is 37.5 Å². The monoisotopic (exact) mass is 338 g/mol. The summed E-state index contributed by atoms with van der Waals surface area (Å²) in [5, 5.41) is 3.01. The van der Waals surface area contributed by atoms with Crippen LogP contribution in [0.15, 0.2) is 53.4 Å². The predicted octanol–water partition coefficient (Wildman–Crippen LogP) is 3.02. The van der Waals surface area contributed by atoms with Crippen molar-refractivity contribution in [3.63, 3.8) is 0 Å². The van der Waals surface area contributed by atoms with Gasteiger partial charge in [-0.1, -0.05) is 29.8 Å². The first kappa shape index (κ1) is 17.0. The zero-order valence-electron chi connectivity index (χ0n) is 14.3. The number of carbonyl (C=O) groups is 2. The molecule has 0 aliphatic carbocycles. The Bertz CT molecular complexity index is 740. The number of hydrogen-bond donors (Lipinski definition) is 1. The van der Waals surface area contributed by atoms with Crippen molar-refractivity contribution < 1.29 is 14.0 Å². The minimum Gasteiger partial charge on any atom is -0.472 e. The second-order valence-electron chi connectivity index (χ2n) is 6.33. The highest BCUT2D eigenvalue weighted by molar-refractivity contribution is 5.94. The summed E-state index contributed by atoms with van der Waals surface area (Å²) in [5.74, 6) is -0.113. The molecule has 130 valence electrons. The van der Waals surface area contributed by atoms with Crippen LogP contribution in [0.25, 0.3) is 6.08 Å². The molecule has 1 fully saturated rings. The van der Waals surface area contributed by atoms with E-state index in [1.807, 2.05) is 37.3 Å². The van der Waals surface area contributed by atoms with Crippen molar-refractivity contribution in [1.82, 2.24) is 10.2 Å². The number of rotatable bonds is 4. The quantitative estimate of drug-likeness (QED) is 0.872. The number of carbonyl (C=O) groups excluding carboxylic acids is 2. The van der Waals surface area contributed by atoms with Crippen LogP contribution < -0.4 is 5.32 Å². The fourth-order valence-electron chi connectivity index (χ4n) is 2.89. The Balaban J connectivity index is 1.46. The summed E-state index contributed by atoms with van der Waals surface area (Å²) in [4.78, 5) is 26.1. The highest BCUT2D eigenvalue weighted by Gasteiger charge is 2.24. The number of aryl methyl sites for hydroxylation is 1. The molecule has 0 bridgehead atoms. The van der Waals surface area contributed by atoms with Gasteiger partial charge >= 0.3 is 0 Å². The smallest absolute Gasteiger partial charge is 0.257 e. The molecule has 0 spiro atoms. The molecule has 1 N–H and O–H groups in total. The molecule has 1 aromatic heterocycles. The second kappa shape index (κ2) is 7.83. The molecule has 0 saturated carbocycles. The van der Waals surface area contributed by atoms with Gasteiger partial charge in [0.1, 0.15) is 6.26 Å². The molecule has 0 unspecified atom stereocenters. The Morgan fingerprint density at radius 1 is 1.16 bits per heavy atom. The number of hydrogen-bond acceptors (Lipinski definition) is 3. The third kappa shape index (κ3) is 4.59. The molecular weight excluding hydrogens is 316 g/mol. The van der Waals surface area contributed by atoms with E-state index in [9.17, 15) is 9.59 Å². The van der Waals surface area contributed by atoms with Crippen LogP contribution in [0.5, 0.6) is 0 Å². The number of piperidine rings is 1. The minimum atomic E-state index is -0.0970. The lowest BCUT2D eigenvalue weighted by Crippen LogP contribution is -2.46. The summed E-state index contributed by atoms with van der Waals surface area (Å²) in [6.07, 6.45) is 7.86. The number of furan rings is 1. The molecule has 0 radical (unpaired) electrons. The fraction of sp³-hybridized carbons (Fsp3) is 0.300. The molecule has 1 aromatic carbocycles. The van der Waals surface area contributed by atoms with Gasteiger partial charge in [-0.15, -0.1) is 0 Å². The first-order valence-electron chi connectivity index (χ1n) is 8.48. The summed E-state index contributed by atoms with van der Waals surface area (Å²) in [7, 11) is 0. The zero-order chi connectivity index (χ0) is 17.6. The van der Waals surface area contributed by atoms with E-state index < -0.39 is 0 Å². The molecule has 2 aromatic rings. The van der Waals surface area contributed by atoms with Crippen LogP contribution in [0.4, 0.5) is 0 Å². The molecule has 3 rings (SSSR count). The lowest BCUT2D eigenvalue weighted by atomic mass is 10.0. The molecule has 0 atom stereocenters. The Hall–Kier alpha value is -2.82. The molecule has 1 saturated heterocycles. The van der Waals surface area contributed by atoms with E-state index in [2.05, 4.69) is 5.32 Å². The lowest BCUT2D eigenvalue weighted by molar-refractivity contribution is -0.117. The Morgan fingerprint density at radius 3 is 2.52 bits per heavy atom. The molecule has 25 heavy (non-hydrogen) atoms. The molecule has 2 amide bonds. The number of nitrogens with one attached hydrogen (secondary N) is 1. The van der Waals surface area contributed by atoms with Gasteiger partial charge in [0.2, 0.25) is 5.91 Å². The molecule has 1 aliphatic rings. The van der Waals surface area contributed by atoms with E-state index in [4.69, 9.17) is 4.42 Å². The summed E-state index contributed by atoms with van der Waals surface area (Å²) < 4.78 is 4.96. The average molecular weight is 338 g/mol. The van der Waals surface area contributed by atoms with Crippen molar-refractivity contribution in [3.05, 3.63) is 65.6 Å². The summed E-state index contributed by atoms with van der Waals surface area (Å²) >= 11 is 0. The van der Waals surface area contributed by atoms with Gasteiger partial charge in [-0.25, -0.2) is 0 Å². The van der Waals surface area contributed by atoms with Crippen molar-refractivity contribution >= 4 is 17.9 Å². The number of likely N-dealkylation sites (tertiary alicyclic amines) is 1. The highest BCUT2D eigenvalue weighted by Crippen LogP contribution is 2.14. The van der Waals surface area contributed by atoms with Crippen LogP contribution in [0.1, 0.15) is 34.3 Å². The third-order valence-corrected chi connectivity index (χ3v) is 4.40. The van der Waals surface area contributed by atoms with Crippen molar-refractivity contribution in [1.29, 1.82) is 0 Å². The van der Waals surface area contributed by atoms with Gasteiger partial charge in [0.15, 0.2) is 0 Å². The fourth-order valence-corrected chi connectivity index (χ4v) is 2.89. The van der Waals surface area contributed by atoms with Crippen LogP contribution in [0.3, 0.4) is 0 Å². The van der Waals surface area contributed by atoms with E-state index in [0.717, 1.165) is 18.4 Å². The Morgan fingerprint density at radius 2 is 1.88 bits per heavy atom. The SMILES string of the molecule is Cc1ccc(/C=C/C(=O)NC2CCN(C(=O)c3ccoc3)CC2)cc1. The van der Waals surface area contributed by atoms with Crippen molar-refractivity contribution in [2.75, 3.05) is 13.1 Å². The third-order valence-electron chi connectivity index (χ3n) is 4.40. The van der Waals surface area contributed by atoms with Crippen LogP contribution in [0.2, 0.25) is 0 Å². The first-order valence-corrected chi connectivity index (χ1v) is 8.48. The van der Waals surface area contributed by atoms with Gasteiger partial charge in [-0.2, -0.15) is 0 Å². The van der Waals surface area contributed by atoms with Crippen LogP contribution in [-0.2, 0) is 4.79 Å². The Labute approximate surface area is 147 Å². The lowest BCUT2D eigenvalue weighted by Gasteiger charge is -2.32. The standard InChI is InChI=1S/C20H22N2O3/c1-15-2-4-16(5-3-15)6-7-19(23)21-18-8-11-22(12-9-18)20(24)17-10-13-25-14-17/h2-7,10,13-14,18H,8-9,11-12H2,1H3,(H,21,23)/b7-6+. The topological polar surface area (TPSA) is 62.6 Å². The van der Waals surface area contributed by atoms with Crippen molar-refractivity contribution in [2.24, 2.45) is 0 Å². The maximum absolute atomic E-state index is 12.2. The largest absolute Gasteiger partial charge is 0.472 e. The van der Waals surface area contributed by atoms with Crippen LogP contribution >= 0.6 is 0 Å². The first-order chi connectivity index (χ1) is 12.1. The Kier molecular flexibility index (Phi) is 5.33. The molecule has 2 heterocycles. The van der Waals surface area contributed by atoms with Gasteiger partial charge in [0, 0.05) is 25.2 Å². The molecule has 5 heteroatoms. The maximum atomic E-state index is 12.2. The normalized spacial score (nSPS) is 15.5. The molecule has 1 aliphatic heterocycles. The van der Waals surface area contributed by atoms with E-state index >= 15 is 0 Å². The van der Waals surface area contributed by atoms with Gasteiger partial charge < -0.3 is 14.6 Å². The number of amides is 2. The van der Waals surface area contributed by atoms with E-state index in [1.165, 1.54) is 18.1 Å². The summed E-state index contributed by atoms with van der Waals surface area (Å²) in [5.41, 5.74) is 2.77. The average Bonchev–Trinajstić information content (AvgIpc) is 3.16. The van der Waals surface area contributed by atoms with Gasteiger partial charge in [0.05, 0.1) is 11.8 Å². The molecule has 5 nitrogen and oxygen atoms in total. The summed E-state index contributed by atoms with van der Waals surface area (Å²) in [6.45, 7) is 3.30. The zero-order valence-corrected chi connectivity index (χ0v) is 14.3.